The summed E-state index contributed by atoms with van der Waals surface area (Å²) in [6, 6.07) is 15.3. The Morgan fingerprint density at radius 1 is 1.16 bits per heavy atom. The number of benzene rings is 3. The van der Waals surface area contributed by atoms with E-state index in [0.29, 0.717) is 27.8 Å². The van der Waals surface area contributed by atoms with Crippen molar-refractivity contribution in [1.82, 2.24) is 14.8 Å². The smallest absolute Gasteiger partial charge is 0.337 e. The lowest BCUT2D eigenvalue weighted by molar-refractivity contribution is -0.160. The molecule has 222 valence electrons. The van der Waals surface area contributed by atoms with Gasteiger partial charge in [0.2, 0.25) is 5.91 Å². The number of aromatic nitrogens is 3. The summed E-state index contributed by atoms with van der Waals surface area (Å²) < 4.78 is 8.75. The fourth-order valence-electron chi connectivity index (χ4n) is 5.92. The zero-order valence-corrected chi connectivity index (χ0v) is 26.3. The fraction of sp³-hybridized carbons (Fsp3) is 0.333. The average Bonchev–Trinajstić information content (AvgIpc) is 3.54. The third-order valence-electron chi connectivity index (χ3n) is 7.85. The minimum absolute atomic E-state index is 0.0120. The minimum Gasteiger partial charge on any atom is -0.479 e. The van der Waals surface area contributed by atoms with E-state index >= 15 is 0 Å². The largest absolute Gasteiger partial charge is 0.479 e. The summed E-state index contributed by atoms with van der Waals surface area (Å²) in [5, 5.41) is 16.9. The minimum atomic E-state index is -1.20. The van der Waals surface area contributed by atoms with Gasteiger partial charge in [0.25, 0.3) is 0 Å². The number of carboxylic acid groups (broad SMARTS) is 1. The Balaban J connectivity index is 1.47. The standard InChI is InChI=1S/C33H33ClN4O4S/c1-18-15-24-29(27(19-8-11-22(34)12-9-19)26(18)28(31(40)41)42-33(2,3)4)43-32(36-24)38-14-6-7-23(30(38)39)20-10-13-25-21(16-20)17-35-37(25)5/h8-13,15-17,23,28H,6-7,14H2,1-5H3,(H,40,41)/t23?,28-/m0/s1. The number of hydrogen-bond acceptors (Lipinski definition) is 6. The third-order valence-corrected chi connectivity index (χ3v) is 9.21. The van der Waals surface area contributed by atoms with E-state index in [9.17, 15) is 14.7 Å². The Bertz CT molecular complexity index is 1870. The number of fused-ring (bicyclic) bond motifs is 2. The van der Waals surface area contributed by atoms with E-state index in [0.717, 1.165) is 50.7 Å². The Morgan fingerprint density at radius 3 is 2.60 bits per heavy atom. The predicted molar refractivity (Wildman–Crippen MR) is 171 cm³/mol. The van der Waals surface area contributed by atoms with E-state index in [1.165, 1.54) is 11.3 Å². The van der Waals surface area contributed by atoms with Crippen LogP contribution in [0.3, 0.4) is 0 Å². The van der Waals surface area contributed by atoms with Gasteiger partial charge in [-0.3, -0.25) is 14.4 Å². The highest BCUT2D eigenvalue weighted by atomic mass is 35.5. The van der Waals surface area contributed by atoms with Crippen LogP contribution < -0.4 is 4.90 Å². The topological polar surface area (TPSA) is 97.5 Å². The number of carboxylic acids is 1. The molecule has 0 radical (unpaired) electrons. The summed E-state index contributed by atoms with van der Waals surface area (Å²) >= 11 is 7.64. The number of anilines is 1. The van der Waals surface area contributed by atoms with E-state index in [-0.39, 0.29) is 11.8 Å². The molecule has 2 aromatic heterocycles. The number of rotatable bonds is 6. The molecule has 0 saturated carbocycles. The molecule has 10 heteroatoms. The molecule has 3 heterocycles. The molecule has 0 aliphatic carbocycles. The van der Waals surface area contributed by atoms with Crippen LogP contribution in [0.15, 0.2) is 54.7 Å². The maximum Gasteiger partial charge on any atom is 0.337 e. The van der Waals surface area contributed by atoms with E-state index < -0.39 is 17.7 Å². The van der Waals surface area contributed by atoms with Gasteiger partial charge in [-0.25, -0.2) is 9.78 Å². The van der Waals surface area contributed by atoms with Crippen molar-refractivity contribution >= 4 is 61.1 Å². The maximum absolute atomic E-state index is 14.0. The first kappa shape index (κ1) is 29.3. The lowest BCUT2D eigenvalue weighted by atomic mass is 9.89. The fourth-order valence-corrected chi connectivity index (χ4v) is 7.20. The van der Waals surface area contributed by atoms with Crippen molar-refractivity contribution in [2.75, 3.05) is 11.4 Å². The number of carbonyl (C=O) groups is 2. The van der Waals surface area contributed by atoms with Crippen LogP contribution in [0.1, 0.15) is 62.3 Å². The molecule has 1 fully saturated rings. The summed E-state index contributed by atoms with van der Waals surface area (Å²) in [6.45, 7) is 7.97. The molecule has 1 saturated heterocycles. The van der Waals surface area contributed by atoms with Gasteiger partial charge in [0.05, 0.1) is 33.4 Å². The molecule has 5 aromatic rings. The van der Waals surface area contributed by atoms with Crippen LogP contribution in [-0.2, 0) is 21.4 Å². The van der Waals surface area contributed by atoms with E-state index in [4.69, 9.17) is 21.3 Å². The number of carbonyl (C=O) groups excluding carboxylic acids is 1. The van der Waals surface area contributed by atoms with Crippen LogP contribution in [0.5, 0.6) is 0 Å². The van der Waals surface area contributed by atoms with E-state index in [1.54, 1.807) is 17.0 Å². The number of aliphatic carboxylic acids is 1. The molecule has 2 atom stereocenters. The van der Waals surface area contributed by atoms with Gasteiger partial charge in [0.15, 0.2) is 11.2 Å². The summed E-state index contributed by atoms with van der Waals surface area (Å²) in [6.07, 6.45) is 2.22. The van der Waals surface area contributed by atoms with Crippen LogP contribution in [0, 0.1) is 6.92 Å². The lowest BCUT2D eigenvalue weighted by Gasteiger charge is -2.30. The summed E-state index contributed by atoms with van der Waals surface area (Å²) in [4.78, 5) is 33.4. The Hall–Kier alpha value is -3.79. The normalized spacial score (nSPS) is 16.7. The number of thiazole rings is 1. The van der Waals surface area contributed by atoms with Crippen molar-refractivity contribution in [3.8, 4) is 11.1 Å². The second-order valence-electron chi connectivity index (χ2n) is 12.1. The number of amides is 1. The molecule has 43 heavy (non-hydrogen) atoms. The van der Waals surface area contributed by atoms with Crippen LogP contribution in [-0.4, -0.2) is 43.9 Å². The second-order valence-corrected chi connectivity index (χ2v) is 13.5. The number of ether oxygens (including phenoxy) is 1. The molecule has 0 spiro atoms. The highest BCUT2D eigenvalue weighted by molar-refractivity contribution is 7.23. The number of halogens is 1. The molecular formula is C33H33ClN4O4S. The first-order chi connectivity index (χ1) is 20.4. The van der Waals surface area contributed by atoms with Gasteiger partial charge in [0, 0.05) is 35.1 Å². The van der Waals surface area contributed by atoms with Crippen molar-refractivity contribution < 1.29 is 19.4 Å². The van der Waals surface area contributed by atoms with Gasteiger partial charge in [-0.05, 0) is 87.6 Å². The molecule has 1 unspecified atom stereocenters. The lowest BCUT2D eigenvalue weighted by Crippen LogP contribution is -2.40. The molecule has 0 bridgehead atoms. The summed E-state index contributed by atoms with van der Waals surface area (Å²) in [5.41, 5.74) is 4.85. The molecule has 1 aliphatic heterocycles. The van der Waals surface area contributed by atoms with E-state index in [2.05, 4.69) is 11.2 Å². The molecule has 8 nitrogen and oxygen atoms in total. The van der Waals surface area contributed by atoms with Gasteiger partial charge in [0.1, 0.15) is 0 Å². The molecule has 1 N–H and O–H groups in total. The number of hydrogen-bond donors (Lipinski definition) is 1. The van der Waals surface area contributed by atoms with Crippen LogP contribution in [0.2, 0.25) is 5.02 Å². The summed E-state index contributed by atoms with van der Waals surface area (Å²) in [5.74, 6) is -1.34. The highest BCUT2D eigenvalue weighted by Gasteiger charge is 2.35. The monoisotopic (exact) mass is 616 g/mol. The zero-order chi connectivity index (χ0) is 30.6. The van der Waals surface area contributed by atoms with Gasteiger partial charge in [-0.1, -0.05) is 41.1 Å². The molecule has 1 aliphatic rings. The van der Waals surface area contributed by atoms with Crippen molar-refractivity contribution in [2.24, 2.45) is 7.05 Å². The van der Waals surface area contributed by atoms with Gasteiger partial charge >= 0.3 is 5.97 Å². The first-order valence-corrected chi connectivity index (χ1v) is 15.4. The molecular weight excluding hydrogens is 584 g/mol. The van der Waals surface area contributed by atoms with Crippen molar-refractivity contribution in [1.29, 1.82) is 0 Å². The predicted octanol–water partition coefficient (Wildman–Crippen LogP) is 7.66. The Labute approximate surface area is 258 Å². The third kappa shape index (κ3) is 5.53. The van der Waals surface area contributed by atoms with E-state index in [1.807, 2.05) is 76.0 Å². The van der Waals surface area contributed by atoms with Gasteiger partial charge < -0.3 is 9.84 Å². The molecule has 6 rings (SSSR count). The number of aryl methyl sites for hydroxylation is 2. The summed E-state index contributed by atoms with van der Waals surface area (Å²) in [7, 11) is 1.90. The molecule has 3 aromatic carbocycles. The number of nitrogens with zero attached hydrogens (tertiary/aromatic N) is 4. The second kappa shape index (κ2) is 11.0. The molecule has 1 amide bonds. The SMILES string of the molecule is Cc1cc2nc(N3CCCC(c4ccc5c(cnn5C)c4)C3=O)sc2c(-c2ccc(Cl)cc2)c1[C@H](OC(C)(C)C)C(=O)O. The number of piperidine rings is 1. The van der Waals surface area contributed by atoms with Crippen molar-refractivity contribution in [3.05, 3.63) is 76.4 Å². The zero-order valence-electron chi connectivity index (χ0n) is 24.7. The Morgan fingerprint density at radius 2 is 1.91 bits per heavy atom. The van der Waals surface area contributed by atoms with Crippen LogP contribution in [0.25, 0.3) is 32.2 Å². The van der Waals surface area contributed by atoms with Gasteiger partial charge in [-0.15, -0.1) is 0 Å². The van der Waals surface area contributed by atoms with Crippen molar-refractivity contribution in [3.63, 3.8) is 0 Å². The average molecular weight is 617 g/mol. The van der Waals surface area contributed by atoms with Crippen molar-refractivity contribution in [2.45, 2.75) is 58.2 Å². The van der Waals surface area contributed by atoms with Crippen LogP contribution in [0.4, 0.5) is 5.13 Å². The van der Waals surface area contributed by atoms with Crippen LogP contribution >= 0.6 is 22.9 Å². The first-order valence-electron chi connectivity index (χ1n) is 14.2. The highest BCUT2D eigenvalue weighted by Crippen LogP contribution is 2.45. The Kier molecular flexibility index (Phi) is 7.52. The van der Waals surface area contributed by atoms with Gasteiger partial charge in [-0.2, -0.15) is 5.10 Å². The quantitative estimate of drug-likeness (QED) is 0.210. The maximum atomic E-state index is 14.0.